The van der Waals surface area contributed by atoms with Crippen LogP contribution in [0.5, 0.6) is 0 Å². The summed E-state index contributed by atoms with van der Waals surface area (Å²) in [5.74, 6) is 0.0435. The number of aryl methyl sites for hydroxylation is 1. The number of carbonyl (C=O) groups is 2. The van der Waals surface area contributed by atoms with Crippen molar-refractivity contribution in [2.45, 2.75) is 13.3 Å². The number of rotatable bonds is 1. The van der Waals surface area contributed by atoms with Crippen molar-refractivity contribution in [3.05, 3.63) is 18.0 Å². The number of hydrogen-bond donors (Lipinski definition) is 1. The topological polar surface area (TPSA) is 71.6 Å². The van der Waals surface area contributed by atoms with Crippen molar-refractivity contribution >= 4 is 17.5 Å². The molecule has 1 aromatic heterocycles. The van der Waals surface area contributed by atoms with Crippen molar-refractivity contribution in [3.63, 3.8) is 0 Å². The normalized spacial score (nSPS) is 16.3. The summed E-state index contributed by atoms with van der Waals surface area (Å²) in [6.45, 7) is 4.13. The third-order valence-corrected chi connectivity index (χ3v) is 3.47. The van der Waals surface area contributed by atoms with E-state index >= 15 is 0 Å². The molecule has 0 radical (unpaired) electrons. The van der Waals surface area contributed by atoms with Gasteiger partial charge in [0.05, 0.1) is 5.69 Å². The summed E-state index contributed by atoms with van der Waals surface area (Å²) in [4.78, 5) is 27.3. The largest absolute Gasteiger partial charge is 0.397 e. The molecular formula is C13H20N4O2. The minimum Gasteiger partial charge on any atom is -0.397 e. The zero-order valence-electron chi connectivity index (χ0n) is 11.4. The lowest BCUT2D eigenvalue weighted by Gasteiger charge is -2.21. The van der Waals surface area contributed by atoms with Crippen LogP contribution >= 0.6 is 0 Å². The smallest absolute Gasteiger partial charge is 0.270 e. The molecule has 0 bridgehead atoms. The molecule has 2 N–H and O–H groups in total. The Morgan fingerprint density at radius 3 is 2.37 bits per heavy atom. The Morgan fingerprint density at radius 1 is 1.16 bits per heavy atom. The van der Waals surface area contributed by atoms with E-state index in [1.807, 2.05) is 7.05 Å². The first-order chi connectivity index (χ1) is 8.99. The van der Waals surface area contributed by atoms with Gasteiger partial charge in [-0.2, -0.15) is 0 Å². The summed E-state index contributed by atoms with van der Waals surface area (Å²) >= 11 is 0. The minimum absolute atomic E-state index is 0.0235. The number of hydrogen-bond acceptors (Lipinski definition) is 3. The van der Waals surface area contributed by atoms with E-state index in [2.05, 4.69) is 0 Å². The minimum atomic E-state index is -0.0235. The Morgan fingerprint density at radius 2 is 1.79 bits per heavy atom. The molecule has 1 aliphatic heterocycles. The van der Waals surface area contributed by atoms with Crippen LogP contribution in [-0.2, 0) is 11.8 Å². The van der Waals surface area contributed by atoms with E-state index in [-0.39, 0.29) is 11.8 Å². The lowest BCUT2D eigenvalue weighted by molar-refractivity contribution is -0.128. The number of anilines is 1. The fourth-order valence-corrected chi connectivity index (χ4v) is 2.40. The molecule has 0 aromatic carbocycles. The molecule has 6 nitrogen and oxygen atoms in total. The molecule has 0 saturated carbocycles. The Labute approximate surface area is 112 Å². The summed E-state index contributed by atoms with van der Waals surface area (Å²) in [5, 5.41) is 0. The van der Waals surface area contributed by atoms with E-state index in [1.165, 1.54) is 0 Å². The highest BCUT2D eigenvalue weighted by molar-refractivity contribution is 5.93. The van der Waals surface area contributed by atoms with Crippen molar-refractivity contribution in [2.75, 3.05) is 31.9 Å². The van der Waals surface area contributed by atoms with Gasteiger partial charge in [0.15, 0.2) is 0 Å². The maximum Gasteiger partial charge on any atom is 0.270 e. The molecule has 1 aromatic rings. The van der Waals surface area contributed by atoms with E-state index in [4.69, 9.17) is 5.73 Å². The lowest BCUT2D eigenvalue weighted by atomic mass is 10.3. The highest BCUT2D eigenvalue weighted by atomic mass is 16.2. The van der Waals surface area contributed by atoms with Crippen LogP contribution in [0.3, 0.4) is 0 Å². The van der Waals surface area contributed by atoms with Crippen molar-refractivity contribution in [3.8, 4) is 0 Å². The van der Waals surface area contributed by atoms with Crippen LogP contribution in [0.25, 0.3) is 0 Å². The average Bonchev–Trinajstić information content (AvgIpc) is 2.57. The van der Waals surface area contributed by atoms with Crippen LogP contribution in [0.2, 0.25) is 0 Å². The monoisotopic (exact) mass is 264 g/mol. The molecule has 1 saturated heterocycles. The number of nitrogens with two attached hydrogens (primary N) is 1. The SMILES string of the molecule is CC(=O)N1CCCN(C(=O)c2cc(N)cn2C)CC1. The summed E-state index contributed by atoms with van der Waals surface area (Å²) in [6.07, 6.45) is 2.54. The predicted molar refractivity (Wildman–Crippen MR) is 72.6 cm³/mol. The van der Waals surface area contributed by atoms with Crippen molar-refractivity contribution in [1.82, 2.24) is 14.4 Å². The van der Waals surface area contributed by atoms with Gasteiger partial charge < -0.3 is 20.1 Å². The average molecular weight is 264 g/mol. The van der Waals surface area contributed by atoms with Crippen LogP contribution < -0.4 is 5.73 Å². The van der Waals surface area contributed by atoms with E-state index < -0.39 is 0 Å². The van der Waals surface area contributed by atoms with Gasteiger partial charge in [-0.15, -0.1) is 0 Å². The number of nitrogen functional groups attached to an aromatic ring is 1. The van der Waals surface area contributed by atoms with Crippen molar-refractivity contribution in [2.24, 2.45) is 7.05 Å². The zero-order chi connectivity index (χ0) is 14.0. The zero-order valence-corrected chi connectivity index (χ0v) is 11.4. The molecule has 1 fully saturated rings. The van der Waals surface area contributed by atoms with Crippen LogP contribution in [0, 0.1) is 0 Å². The maximum atomic E-state index is 12.4. The fourth-order valence-electron chi connectivity index (χ4n) is 2.40. The molecule has 6 heteroatoms. The first kappa shape index (κ1) is 13.5. The molecule has 104 valence electrons. The van der Waals surface area contributed by atoms with Gasteiger partial charge in [-0.3, -0.25) is 9.59 Å². The predicted octanol–water partition coefficient (Wildman–Crippen LogP) is 0.302. The van der Waals surface area contributed by atoms with Crippen molar-refractivity contribution < 1.29 is 9.59 Å². The molecule has 0 atom stereocenters. The first-order valence-electron chi connectivity index (χ1n) is 6.45. The van der Waals surface area contributed by atoms with E-state index in [0.29, 0.717) is 37.6 Å². The second-order valence-electron chi connectivity index (χ2n) is 4.92. The Bertz CT molecular complexity index is 495. The molecule has 2 amide bonds. The maximum absolute atomic E-state index is 12.4. The second kappa shape index (κ2) is 5.34. The third-order valence-electron chi connectivity index (χ3n) is 3.47. The lowest BCUT2D eigenvalue weighted by Crippen LogP contribution is -2.37. The summed E-state index contributed by atoms with van der Waals surface area (Å²) in [7, 11) is 1.81. The molecule has 0 spiro atoms. The van der Waals surface area contributed by atoms with Gasteiger partial charge in [-0.25, -0.2) is 0 Å². The van der Waals surface area contributed by atoms with E-state index in [1.54, 1.807) is 33.6 Å². The molecule has 19 heavy (non-hydrogen) atoms. The van der Waals surface area contributed by atoms with Gasteiger partial charge in [-0.05, 0) is 12.5 Å². The number of aromatic nitrogens is 1. The molecule has 0 unspecified atom stereocenters. The first-order valence-corrected chi connectivity index (χ1v) is 6.45. The standard InChI is InChI=1S/C13H20N4O2/c1-10(18)16-4-3-5-17(7-6-16)13(19)12-8-11(14)9-15(12)2/h8-9H,3-7,14H2,1-2H3. The van der Waals surface area contributed by atoms with Crippen LogP contribution in [0.15, 0.2) is 12.3 Å². The highest BCUT2D eigenvalue weighted by Gasteiger charge is 2.22. The van der Waals surface area contributed by atoms with Gasteiger partial charge in [0.1, 0.15) is 5.69 Å². The van der Waals surface area contributed by atoms with Gasteiger partial charge >= 0.3 is 0 Å². The van der Waals surface area contributed by atoms with Gasteiger partial charge in [0, 0.05) is 46.3 Å². The summed E-state index contributed by atoms with van der Waals surface area (Å²) in [6, 6.07) is 1.69. The molecule has 0 aliphatic carbocycles. The Balaban J connectivity index is 2.08. The van der Waals surface area contributed by atoms with Crippen LogP contribution in [-0.4, -0.2) is 52.4 Å². The summed E-state index contributed by atoms with van der Waals surface area (Å²) < 4.78 is 1.74. The Kier molecular flexibility index (Phi) is 3.78. The van der Waals surface area contributed by atoms with E-state index in [0.717, 1.165) is 6.42 Å². The van der Waals surface area contributed by atoms with Gasteiger partial charge in [0.25, 0.3) is 5.91 Å². The quantitative estimate of drug-likeness (QED) is 0.793. The number of carbonyl (C=O) groups excluding carboxylic acids is 2. The summed E-state index contributed by atoms with van der Waals surface area (Å²) in [5.41, 5.74) is 6.88. The molecular weight excluding hydrogens is 244 g/mol. The third kappa shape index (κ3) is 2.89. The molecule has 2 heterocycles. The Hall–Kier alpha value is -1.98. The number of nitrogens with zero attached hydrogens (tertiary/aromatic N) is 3. The van der Waals surface area contributed by atoms with Gasteiger partial charge in [0.2, 0.25) is 5.91 Å². The van der Waals surface area contributed by atoms with Crippen LogP contribution in [0.4, 0.5) is 5.69 Å². The van der Waals surface area contributed by atoms with Crippen molar-refractivity contribution in [1.29, 1.82) is 0 Å². The number of amides is 2. The van der Waals surface area contributed by atoms with Gasteiger partial charge in [-0.1, -0.05) is 0 Å². The molecule has 1 aliphatic rings. The second-order valence-corrected chi connectivity index (χ2v) is 4.92. The fraction of sp³-hybridized carbons (Fsp3) is 0.538. The molecule has 2 rings (SSSR count). The van der Waals surface area contributed by atoms with E-state index in [9.17, 15) is 9.59 Å². The highest BCUT2D eigenvalue weighted by Crippen LogP contribution is 2.13. The van der Waals surface area contributed by atoms with Crippen LogP contribution in [0.1, 0.15) is 23.8 Å².